The molecule has 2 aliphatic rings. The van der Waals surface area contributed by atoms with Crippen LogP contribution in [0.3, 0.4) is 0 Å². The summed E-state index contributed by atoms with van der Waals surface area (Å²) in [7, 11) is 0. The SMILES string of the molecule is NC(=O)c1c(-c2cn([C@H]3CC[C@H](C(=O)O)CC3)nc2C(F)F)nn2ccc(N3CCOCC3)nc12. The molecule has 3 aromatic rings. The van der Waals surface area contributed by atoms with Crippen LogP contribution in [0.2, 0.25) is 0 Å². The first-order valence-corrected chi connectivity index (χ1v) is 11.5. The zero-order valence-electron chi connectivity index (χ0n) is 18.8. The second-order valence-electron chi connectivity index (χ2n) is 8.79. The molecule has 1 aliphatic heterocycles. The topological polar surface area (TPSA) is 141 Å². The summed E-state index contributed by atoms with van der Waals surface area (Å²) in [5.41, 5.74) is 5.28. The fraction of sp³-hybridized carbons (Fsp3) is 0.500. The lowest BCUT2D eigenvalue weighted by Crippen LogP contribution is -2.36. The predicted octanol–water partition coefficient (Wildman–Crippen LogP) is 2.28. The lowest BCUT2D eigenvalue weighted by Gasteiger charge is -2.27. The van der Waals surface area contributed by atoms with E-state index in [0.29, 0.717) is 57.8 Å². The van der Waals surface area contributed by atoms with E-state index < -0.39 is 29.9 Å². The number of halogens is 2. The van der Waals surface area contributed by atoms with Crippen molar-refractivity contribution in [1.82, 2.24) is 24.4 Å². The number of amides is 1. The molecule has 35 heavy (non-hydrogen) atoms. The molecule has 4 heterocycles. The number of rotatable bonds is 6. The summed E-state index contributed by atoms with van der Waals surface area (Å²) in [4.78, 5) is 30.3. The van der Waals surface area contributed by atoms with Gasteiger partial charge in [-0.15, -0.1) is 0 Å². The minimum Gasteiger partial charge on any atom is -0.481 e. The highest BCUT2D eigenvalue weighted by molar-refractivity contribution is 6.05. The Kier molecular flexibility index (Phi) is 6.09. The third-order valence-electron chi connectivity index (χ3n) is 6.69. The Labute approximate surface area is 198 Å². The highest BCUT2D eigenvalue weighted by Gasteiger charge is 2.32. The summed E-state index contributed by atoms with van der Waals surface area (Å²) in [5.74, 6) is -1.52. The lowest BCUT2D eigenvalue weighted by atomic mass is 9.86. The second-order valence-corrected chi connectivity index (χ2v) is 8.79. The number of ether oxygens (including phenoxy) is 1. The predicted molar refractivity (Wildman–Crippen MR) is 119 cm³/mol. The maximum atomic E-state index is 14.0. The van der Waals surface area contributed by atoms with Gasteiger partial charge in [0.25, 0.3) is 12.3 Å². The molecule has 13 heteroatoms. The highest BCUT2D eigenvalue weighted by Crippen LogP contribution is 2.37. The van der Waals surface area contributed by atoms with Crippen LogP contribution in [0, 0.1) is 5.92 Å². The Balaban J connectivity index is 1.55. The van der Waals surface area contributed by atoms with Gasteiger partial charge in [0.1, 0.15) is 22.8 Å². The average molecular weight is 489 g/mol. The van der Waals surface area contributed by atoms with Crippen LogP contribution >= 0.6 is 0 Å². The number of nitrogens with two attached hydrogens (primary N) is 1. The van der Waals surface area contributed by atoms with Crippen molar-refractivity contribution in [1.29, 1.82) is 0 Å². The molecule has 0 spiro atoms. The van der Waals surface area contributed by atoms with E-state index in [1.807, 2.05) is 4.90 Å². The summed E-state index contributed by atoms with van der Waals surface area (Å²) >= 11 is 0. The summed E-state index contributed by atoms with van der Waals surface area (Å²) in [6.07, 6.45) is 2.03. The van der Waals surface area contributed by atoms with Crippen molar-refractivity contribution >= 4 is 23.3 Å². The van der Waals surface area contributed by atoms with E-state index in [1.165, 1.54) is 15.4 Å². The zero-order chi connectivity index (χ0) is 24.7. The minimum atomic E-state index is -2.91. The van der Waals surface area contributed by atoms with E-state index >= 15 is 0 Å². The average Bonchev–Trinajstić information content (AvgIpc) is 3.46. The van der Waals surface area contributed by atoms with Crippen molar-refractivity contribution in [2.75, 3.05) is 31.2 Å². The van der Waals surface area contributed by atoms with Gasteiger partial charge in [-0.2, -0.15) is 10.2 Å². The van der Waals surface area contributed by atoms with Gasteiger partial charge < -0.3 is 20.5 Å². The number of primary amides is 1. The van der Waals surface area contributed by atoms with Crippen molar-refractivity contribution in [2.45, 2.75) is 38.2 Å². The van der Waals surface area contributed by atoms with Crippen molar-refractivity contribution in [2.24, 2.45) is 11.7 Å². The summed E-state index contributed by atoms with van der Waals surface area (Å²) in [6.45, 7) is 2.35. The molecular formula is C22H25F2N7O4. The molecule has 1 aliphatic carbocycles. The van der Waals surface area contributed by atoms with Crippen LogP contribution in [-0.2, 0) is 9.53 Å². The molecule has 0 aromatic carbocycles. The van der Waals surface area contributed by atoms with E-state index in [1.54, 1.807) is 12.3 Å². The monoisotopic (exact) mass is 489 g/mol. The molecule has 0 bridgehead atoms. The summed E-state index contributed by atoms with van der Waals surface area (Å²) < 4.78 is 36.2. The van der Waals surface area contributed by atoms with E-state index in [2.05, 4.69) is 15.2 Å². The first-order valence-electron chi connectivity index (χ1n) is 11.5. The molecule has 0 atom stereocenters. The maximum absolute atomic E-state index is 14.0. The third-order valence-corrected chi connectivity index (χ3v) is 6.69. The quantitative estimate of drug-likeness (QED) is 0.537. The van der Waals surface area contributed by atoms with E-state index in [9.17, 15) is 23.5 Å². The van der Waals surface area contributed by atoms with Gasteiger partial charge in [-0.1, -0.05) is 0 Å². The van der Waals surface area contributed by atoms with E-state index in [-0.39, 0.29) is 28.5 Å². The number of nitrogens with zero attached hydrogens (tertiary/aromatic N) is 6. The molecule has 2 fully saturated rings. The first kappa shape index (κ1) is 23.1. The van der Waals surface area contributed by atoms with Gasteiger partial charge in [0.15, 0.2) is 5.65 Å². The van der Waals surface area contributed by atoms with Crippen LogP contribution in [0.1, 0.15) is 54.2 Å². The van der Waals surface area contributed by atoms with Crippen LogP contribution in [0.25, 0.3) is 16.9 Å². The van der Waals surface area contributed by atoms with Gasteiger partial charge >= 0.3 is 5.97 Å². The van der Waals surface area contributed by atoms with Gasteiger partial charge in [0.2, 0.25) is 0 Å². The maximum Gasteiger partial charge on any atom is 0.306 e. The first-order chi connectivity index (χ1) is 16.8. The molecule has 3 aromatic heterocycles. The fourth-order valence-electron chi connectivity index (χ4n) is 4.83. The van der Waals surface area contributed by atoms with Gasteiger partial charge in [-0.05, 0) is 31.7 Å². The number of hydrogen-bond acceptors (Lipinski definition) is 7. The standard InChI is InChI=1S/C22H25F2N7O4/c23-19(24)18-14(11-31(28-18)13-3-1-12(2-4-13)22(33)34)17-16(20(25)32)21-26-15(5-6-30(21)27-17)29-7-9-35-10-8-29/h5-6,11-13,19H,1-4,7-10H2,(H2,25,32)(H,33,34)/t12-,13-. The summed E-state index contributed by atoms with van der Waals surface area (Å²) in [5, 5.41) is 17.7. The number of anilines is 1. The van der Waals surface area contributed by atoms with Crippen LogP contribution in [0.15, 0.2) is 18.5 Å². The Morgan fingerprint density at radius 1 is 1.14 bits per heavy atom. The smallest absolute Gasteiger partial charge is 0.306 e. The molecule has 5 rings (SSSR count). The van der Waals surface area contributed by atoms with Crippen LogP contribution < -0.4 is 10.6 Å². The van der Waals surface area contributed by atoms with Crippen LogP contribution in [0.5, 0.6) is 0 Å². The number of carbonyl (C=O) groups is 2. The molecule has 3 N–H and O–H groups in total. The molecule has 1 saturated carbocycles. The Bertz CT molecular complexity index is 1260. The lowest BCUT2D eigenvalue weighted by molar-refractivity contribution is -0.143. The largest absolute Gasteiger partial charge is 0.481 e. The number of morpholine rings is 1. The number of aliphatic carboxylic acids is 1. The highest BCUT2D eigenvalue weighted by atomic mass is 19.3. The number of fused-ring (bicyclic) bond motifs is 1. The van der Waals surface area contributed by atoms with E-state index in [4.69, 9.17) is 10.5 Å². The Hall–Kier alpha value is -3.61. The minimum absolute atomic E-state index is 0.00702. The van der Waals surface area contributed by atoms with Crippen molar-refractivity contribution in [3.05, 3.63) is 29.7 Å². The number of carbonyl (C=O) groups excluding carboxylic acids is 1. The number of alkyl halides is 2. The number of hydrogen-bond donors (Lipinski definition) is 2. The third kappa shape index (κ3) is 4.31. The zero-order valence-corrected chi connectivity index (χ0v) is 18.8. The molecular weight excluding hydrogens is 464 g/mol. The molecule has 0 unspecified atom stereocenters. The number of carboxylic acid groups (broad SMARTS) is 1. The number of aromatic nitrogens is 5. The number of carboxylic acids is 1. The van der Waals surface area contributed by atoms with Crippen LogP contribution in [0.4, 0.5) is 14.6 Å². The molecule has 186 valence electrons. The molecule has 1 saturated heterocycles. The Morgan fingerprint density at radius 3 is 2.49 bits per heavy atom. The fourth-order valence-corrected chi connectivity index (χ4v) is 4.83. The molecule has 0 radical (unpaired) electrons. The van der Waals surface area contributed by atoms with Gasteiger partial charge in [0, 0.05) is 25.5 Å². The molecule has 1 amide bonds. The second kappa shape index (κ2) is 9.21. The van der Waals surface area contributed by atoms with Crippen LogP contribution in [-0.4, -0.2) is 67.7 Å². The van der Waals surface area contributed by atoms with Crippen molar-refractivity contribution < 1.29 is 28.2 Å². The summed E-state index contributed by atoms with van der Waals surface area (Å²) in [6, 6.07) is 1.51. The van der Waals surface area contributed by atoms with E-state index in [0.717, 1.165) is 0 Å². The Morgan fingerprint density at radius 2 is 1.86 bits per heavy atom. The van der Waals surface area contributed by atoms with Crippen molar-refractivity contribution in [3.63, 3.8) is 0 Å². The molecule has 11 nitrogen and oxygen atoms in total. The van der Waals surface area contributed by atoms with Gasteiger partial charge in [0.05, 0.1) is 30.7 Å². The van der Waals surface area contributed by atoms with Gasteiger partial charge in [-0.3, -0.25) is 14.3 Å². The van der Waals surface area contributed by atoms with Crippen molar-refractivity contribution in [3.8, 4) is 11.3 Å². The normalized spacial score (nSPS) is 21.1. The van der Waals surface area contributed by atoms with Gasteiger partial charge in [-0.25, -0.2) is 18.3 Å².